The van der Waals surface area contributed by atoms with Crippen molar-refractivity contribution < 1.29 is 14.3 Å². The van der Waals surface area contributed by atoms with E-state index in [1.165, 1.54) is 0 Å². The average molecular weight is 576 g/mol. The first-order chi connectivity index (χ1) is 16.9. The van der Waals surface area contributed by atoms with Crippen LogP contribution in [0.15, 0.2) is 39.8 Å². The van der Waals surface area contributed by atoms with Crippen LogP contribution in [0.2, 0.25) is 5.02 Å². The first kappa shape index (κ1) is 26.5. The van der Waals surface area contributed by atoms with E-state index in [4.69, 9.17) is 16.3 Å². The third kappa shape index (κ3) is 5.86. The van der Waals surface area contributed by atoms with Crippen molar-refractivity contribution >= 4 is 57.2 Å². The SMILES string of the molecule is Cc1cc(Cl)cc(N2C=Nc3cc(C)c(Br)cc3C2C(=O)NC[C@@H]2CCCN2C(=O)OC(C)(C)C)c1. The smallest absolute Gasteiger partial charge is 0.410 e. The number of ether oxygens (including phenoxy) is 1. The Balaban J connectivity index is 1.60. The summed E-state index contributed by atoms with van der Waals surface area (Å²) in [6.07, 6.45) is 3.03. The van der Waals surface area contributed by atoms with Gasteiger partial charge in [-0.25, -0.2) is 9.79 Å². The molecule has 2 aromatic rings. The molecule has 1 fully saturated rings. The van der Waals surface area contributed by atoms with E-state index < -0.39 is 11.6 Å². The summed E-state index contributed by atoms with van der Waals surface area (Å²) in [5, 5.41) is 3.70. The molecule has 0 radical (unpaired) electrons. The molecule has 7 nitrogen and oxygen atoms in total. The van der Waals surface area contributed by atoms with Gasteiger partial charge in [0.15, 0.2) is 0 Å². The molecule has 0 aliphatic carbocycles. The van der Waals surface area contributed by atoms with Gasteiger partial charge in [0, 0.05) is 33.8 Å². The molecule has 0 spiro atoms. The maximum atomic E-state index is 13.8. The minimum absolute atomic E-state index is 0.118. The van der Waals surface area contributed by atoms with E-state index in [0.29, 0.717) is 18.1 Å². The second-order valence-electron chi connectivity index (χ2n) is 10.4. The number of nitrogens with zero attached hydrogens (tertiary/aromatic N) is 3. The van der Waals surface area contributed by atoms with Crippen LogP contribution in [-0.2, 0) is 9.53 Å². The lowest BCUT2D eigenvalue weighted by atomic mass is 9.98. The third-order valence-corrected chi connectivity index (χ3v) is 7.36. The van der Waals surface area contributed by atoms with Crippen LogP contribution < -0.4 is 10.2 Å². The molecule has 36 heavy (non-hydrogen) atoms. The molecule has 2 amide bonds. The van der Waals surface area contributed by atoms with Gasteiger partial charge in [-0.05, 0) is 88.9 Å². The predicted molar refractivity (Wildman–Crippen MR) is 147 cm³/mol. The zero-order chi connectivity index (χ0) is 26.2. The average Bonchev–Trinajstić information content (AvgIpc) is 3.25. The molecule has 1 N–H and O–H groups in total. The Bertz CT molecular complexity index is 1190. The summed E-state index contributed by atoms with van der Waals surface area (Å²) >= 11 is 9.96. The first-order valence-electron chi connectivity index (χ1n) is 12.1. The molecule has 2 aliphatic heterocycles. The van der Waals surface area contributed by atoms with E-state index in [2.05, 4.69) is 26.2 Å². The molecule has 2 aliphatic rings. The van der Waals surface area contributed by atoms with E-state index in [-0.39, 0.29) is 18.0 Å². The van der Waals surface area contributed by atoms with E-state index in [1.807, 2.05) is 69.9 Å². The Labute approximate surface area is 226 Å². The molecule has 4 rings (SSSR count). The molecular weight excluding hydrogens is 544 g/mol. The molecule has 1 saturated heterocycles. The van der Waals surface area contributed by atoms with Gasteiger partial charge in [-0.15, -0.1) is 0 Å². The zero-order valence-electron chi connectivity index (χ0n) is 21.3. The van der Waals surface area contributed by atoms with Crippen molar-refractivity contribution in [1.82, 2.24) is 10.2 Å². The highest BCUT2D eigenvalue weighted by Gasteiger charge is 2.36. The maximum Gasteiger partial charge on any atom is 0.410 e. The Morgan fingerprint density at radius 3 is 2.64 bits per heavy atom. The number of carbonyl (C=O) groups is 2. The van der Waals surface area contributed by atoms with Gasteiger partial charge < -0.3 is 19.9 Å². The topological polar surface area (TPSA) is 74.2 Å². The summed E-state index contributed by atoms with van der Waals surface area (Å²) in [6, 6.07) is 8.84. The van der Waals surface area contributed by atoms with Crippen LogP contribution in [-0.4, -0.2) is 48.0 Å². The van der Waals surface area contributed by atoms with Gasteiger partial charge >= 0.3 is 6.09 Å². The number of hydrogen-bond acceptors (Lipinski definition) is 5. The van der Waals surface area contributed by atoms with Crippen LogP contribution >= 0.6 is 27.5 Å². The van der Waals surface area contributed by atoms with E-state index in [0.717, 1.165) is 45.4 Å². The number of amides is 2. The molecule has 192 valence electrons. The quantitative estimate of drug-likeness (QED) is 0.454. The number of carbonyl (C=O) groups excluding carboxylic acids is 2. The molecular formula is C27H32BrClN4O3. The van der Waals surface area contributed by atoms with E-state index >= 15 is 0 Å². The third-order valence-electron chi connectivity index (χ3n) is 6.29. The highest BCUT2D eigenvalue weighted by Crippen LogP contribution is 2.39. The van der Waals surface area contributed by atoms with Crippen molar-refractivity contribution in [3.63, 3.8) is 0 Å². The number of halogens is 2. The number of rotatable bonds is 4. The fourth-order valence-corrected chi connectivity index (χ4v) is 5.27. The van der Waals surface area contributed by atoms with Gasteiger partial charge in [0.1, 0.15) is 11.6 Å². The Kier molecular flexibility index (Phi) is 7.67. The lowest BCUT2D eigenvalue weighted by Gasteiger charge is -2.34. The molecule has 1 unspecified atom stereocenters. The number of aryl methyl sites for hydroxylation is 2. The number of anilines is 1. The summed E-state index contributed by atoms with van der Waals surface area (Å²) in [6.45, 7) is 10.5. The van der Waals surface area contributed by atoms with Crippen LogP contribution in [0.5, 0.6) is 0 Å². The Hall–Kier alpha value is -2.58. The zero-order valence-corrected chi connectivity index (χ0v) is 23.6. The van der Waals surface area contributed by atoms with E-state index in [9.17, 15) is 9.59 Å². The second-order valence-corrected chi connectivity index (χ2v) is 11.7. The fraction of sp³-hybridized carbons (Fsp3) is 0.444. The number of aliphatic imine (C=N–C) groups is 1. The number of likely N-dealkylation sites (tertiary alicyclic amines) is 1. The fourth-order valence-electron chi connectivity index (χ4n) is 4.63. The summed E-state index contributed by atoms with van der Waals surface area (Å²) < 4.78 is 6.48. The highest BCUT2D eigenvalue weighted by molar-refractivity contribution is 9.10. The van der Waals surface area contributed by atoms with Gasteiger partial charge in [-0.2, -0.15) is 0 Å². The van der Waals surface area contributed by atoms with Crippen molar-refractivity contribution in [3.8, 4) is 0 Å². The van der Waals surface area contributed by atoms with Gasteiger partial charge in [0.2, 0.25) is 5.91 Å². The van der Waals surface area contributed by atoms with Crippen molar-refractivity contribution in [3.05, 3.63) is 56.5 Å². The molecule has 0 bridgehead atoms. The van der Waals surface area contributed by atoms with Crippen molar-refractivity contribution in [2.45, 2.75) is 65.1 Å². The molecule has 2 heterocycles. The minimum Gasteiger partial charge on any atom is -0.444 e. The standard InChI is InChI=1S/C27H32BrClN4O3/c1-16-9-18(29)12-20(10-16)33-15-31-23-11-17(2)22(28)13-21(23)24(33)25(34)30-14-19-7-6-8-32(19)26(35)36-27(3,4)5/h9-13,15,19,24H,6-8,14H2,1-5H3,(H,30,34)/t19-,24?/m0/s1. The predicted octanol–water partition coefficient (Wildman–Crippen LogP) is 6.46. The number of hydrogen-bond donors (Lipinski definition) is 1. The van der Waals surface area contributed by atoms with Crippen LogP contribution in [0.4, 0.5) is 16.2 Å². The number of benzene rings is 2. The Morgan fingerprint density at radius 1 is 1.19 bits per heavy atom. The second kappa shape index (κ2) is 10.4. The maximum absolute atomic E-state index is 13.8. The van der Waals surface area contributed by atoms with Crippen molar-refractivity contribution in [1.29, 1.82) is 0 Å². The lowest BCUT2D eigenvalue weighted by Crippen LogP contribution is -2.48. The van der Waals surface area contributed by atoms with Crippen LogP contribution in [0, 0.1) is 13.8 Å². The first-order valence-corrected chi connectivity index (χ1v) is 13.3. The summed E-state index contributed by atoms with van der Waals surface area (Å²) in [4.78, 5) is 34.7. The number of nitrogens with one attached hydrogen (secondary N) is 1. The van der Waals surface area contributed by atoms with Crippen molar-refractivity contribution in [2.75, 3.05) is 18.0 Å². The van der Waals surface area contributed by atoms with Crippen LogP contribution in [0.3, 0.4) is 0 Å². The minimum atomic E-state index is -0.649. The van der Waals surface area contributed by atoms with Gasteiger partial charge in [0.05, 0.1) is 18.1 Å². The van der Waals surface area contributed by atoms with Gasteiger partial charge in [0.25, 0.3) is 0 Å². The number of fused-ring (bicyclic) bond motifs is 1. The van der Waals surface area contributed by atoms with Gasteiger partial charge in [-0.3, -0.25) is 4.79 Å². The van der Waals surface area contributed by atoms with E-state index in [1.54, 1.807) is 11.2 Å². The Morgan fingerprint density at radius 2 is 1.94 bits per heavy atom. The summed E-state index contributed by atoms with van der Waals surface area (Å²) in [5.74, 6) is -0.174. The molecule has 9 heteroatoms. The van der Waals surface area contributed by atoms with Crippen LogP contribution in [0.25, 0.3) is 0 Å². The lowest BCUT2D eigenvalue weighted by molar-refractivity contribution is -0.122. The highest BCUT2D eigenvalue weighted by atomic mass is 79.9. The largest absolute Gasteiger partial charge is 0.444 e. The molecule has 2 atom stereocenters. The van der Waals surface area contributed by atoms with Crippen LogP contribution in [0.1, 0.15) is 56.3 Å². The molecule has 2 aromatic carbocycles. The monoisotopic (exact) mass is 574 g/mol. The summed E-state index contributed by atoms with van der Waals surface area (Å²) in [5.41, 5.74) is 3.78. The van der Waals surface area contributed by atoms with Gasteiger partial charge in [-0.1, -0.05) is 27.5 Å². The normalized spacial score (nSPS) is 19.3. The molecule has 0 aromatic heterocycles. The summed E-state index contributed by atoms with van der Waals surface area (Å²) in [7, 11) is 0. The van der Waals surface area contributed by atoms with Crippen molar-refractivity contribution in [2.24, 2.45) is 4.99 Å². The molecule has 0 saturated carbocycles.